The van der Waals surface area contributed by atoms with Crippen molar-refractivity contribution in [1.29, 1.82) is 0 Å². The monoisotopic (exact) mass is 220 g/mol. The average molecular weight is 220 g/mol. The lowest BCUT2D eigenvalue weighted by Crippen LogP contribution is -2.86. The van der Waals surface area contributed by atoms with Crippen molar-refractivity contribution in [2.75, 3.05) is 20.2 Å². The van der Waals surface area contributed by atoms with Crippen LogP contribution in [0.15, 0.2) is 24.3 Å². The Morgan fingerprint density at radius 3 is 2.44 bits per heavy atom. The normalized spacial score (nSPS) is 17.1. The van der Waals surface area contributed by atoms with Crippen molar-refractivity contribution in [2.45, 2.75) is 12.8 Å². The lowest BCUT2D eigenvalue weighted by atomic mass is 9.90. The van der Waals surface area contributed by atoms with Gasteiger partial charge in [-0.15, -0.1) is 0 Å². The molecule has 0 aromatic heterocycles. The number of carbonyl (C=O) groups excluding carboxylic acids is 1. The van der Waals surface area contributed by atoms with Gasteiger partial charge in [-0.1, -0.05) is 0 Å². The van der Waals surface area contributed by atoms with Crippen LogP contribution in [-0.2, 0) is 0 Å². The molecule has 1 saturated heterocycles. The van der Waals surface area contributed by atoms with E-state index < -0.39 is 0 Å². The van der Waals surface area contributed by atoms with E-state index in [1.54, 1.807) is 7.11 Å². The van der Waals surface area contributed by atoms with E-state index in [9.17, 15) is 4.79 Å². The van der Waals surface area contributed by atoms with Crippen molar-refractivity contribution in [3.05, 3.63) is 29.8 Å². The molecule has 0 saturated carbocycles. The van der Waals surface area contributed by atoms with Gasteiger partial charge in [0, 0.05) is 24.3 Å². The van der Waals surface area contributed by atoms with Crippen molar-refractivity contribution >= 4 is 5.78 Å². The fourth-order valence-electron chi connectivity index (χ4n) is 2.18. The number of ketones is 1. The smallest absolute Gasteiger partial charge is 0.166 e. The molecule has 1 aromatic rings. The summed E-state index contributed by atoms with van der Waals surface area (Å²) in [6, 6.07) is 7.42. The number of ether oxygens (including phenoxy) is 1. The summed E-state index contributed by atoms with van der Waals surface area (Å²) < 4.78 is 5.08. The van der Waals surface area contributed by atoms with E-state index in [1.165, 1.54) is 0 Å². The first-order valence-corrected chi connectivity index (χ1v) is 5.81. The van der Waals surface area contributed by atoms with Crippen LogP contribution in [0, 0.1) is 5.92 Å². The number of piperidine rings is 1. The number of rotatable bonds is 3. The van der Waals surface area contributed by atoms with Crippen LogP contribution in [0.2, 0.25) is 0 Å². The fourth-order valence-corrected chi connectivity index (χ4v) is 2.18. The molecule has 0 aliphatic carbocycles. The highest BCUT2D eigenvalue weighted by molar-refractivity contribution is 5.97. The minimum atomic E-state index is 0.221. The maximum Gasteiger partial charge on any atom is 0.166 e. The molecule has 1 fully saturated rings. The summed E-state index contributed by atoms with van der Waals surface area (Å²) in [7, 11) is 1.63. The molecule has 0 amide bonds. The average Bonchev–Trinajstić information content (AvgIpc) is 2.39. The third-order valence-corrected chi connectivity index (χ3v) is 3.18. The predicted octanol–water partition coefficient (Wildman–Crippen LogP) is 0.851. The van der Waals surface area contributed by atoms with E-state index in [2.05, 4.69) is 5.32 Å². The Hall–Kier alpha value is -1.35. The van der Waals surface area contributed by atoms with Gasteiger partial charge in [-0.2, -0.15) is 0 Å². The molecule has 0 unspecified atom stereocenters. The van der Waals surface area contributed by atoms with Gasteiger partial charge >= 0.3 is 0 Å². The van der Waals surface area contributed by atoms with E-state index in [-0.39, 0.29) is 11.7 Å². The van der Waals surface area contributed by atoms with E-state index in [4.69, 9.17) is 4.74 Å². The quantitative estimate of drug-likeness (QED) is 0.767. The number of Topliss-reactive ketones (excluding diaryl/α,β-unsaturated/α-hetero) is 1. The zero-order valence-electron chi connectivity index (χ0n) is 9.61. The second kappa shape index (κ2) is 5.12. The largest absolute Gasteiger partial charge is 0.497 e. The molecule has 2 N–H and O–H groups in total. The molecule has 1 heterocycles. The number of hydrogen-bond acceptors (Lipinski definition) is 2. The highest BCUT2D eigenvalue weighted by Crippen LogP contribution is 2.18. The van der Waals surface area contributed by atoms with E-state index in [1.807, 2.05) is 24.3 Å². The van der Waals surface area contributed by atoms with Crippen molar-refractivity contribution in [2.24, 2.45) is 5.92 Å². The summed E-state index contributed by atoms with van der Waals surface area (Å²) in [6.07, 6.45) is 2.01. The minimum absolute atomic E-state index is 0.221. The maximum atomic E-state index is 12.1. The molecule has 1 aliphatic rings. The zero-order valence-corrected chi connectivity index (χ0v) is 9.61. The van der Waals surface area contributed by atoms with Gasteiger partial charge in [0.15, 0.2) is 5.78 Å². The molecule has 86 valence electrons. The second-order valence-corrected chi connectivity index (χ2v) is 4.23. The summed E-state index contributed by atoms with van der Waals surface area (Å²) in [6.45, 7) is 2.15. The molecule has 2 rings (SSSR count). The Morgan fingerprint density at radius 1 is 1.25 bits per heavy atom. The zero-order chi connectivity index (χ0) is 11.4. The Labute approximate surface area is 95.8 Å². The number of benzene rings is 1. The number of nitrogens with two attached hydrogens (primary N) is 1. The Balaban J connectivity index is 2.07. The molecular weight excluding hydrogens is 202 g/mol. The maximum absolute atomic E-state index is 12.1. The van der Waals surface area contributed by atoms with Crippen LogP contribution >= 0.6 is 0 Å². The van der Waals surface area contributed by atoms with Crippen molar-refractivity contribution in [3.63, 3.8) is 0 Å². The van der Waals surface area contributed by atoms with E-state index in [0.29, 0.717) is 0 Å². The summed E-state index contributed by atoms with van der Waals surface area (Å²) >= 11 is 0. The topological polar surface area (TPSA) is 42.9 Å². The first kappa shape index (κ1) is 11.1. The lowest BCUT2D eigenvalue weighted by Gasteiger charge is -2.19. The predicted molar refractivity (Wildman–Crippen MR) is 61.7 cm³/mol. The molecule has 16 heavy (non-hydrogen) atoms. The fraction of sp³-hybridized carbons (Fsp3) is 0.462. The third-order valence-electron chi connectivity index (χ3n) is 3.18. The molecule has 0 radical (unpaired) electrons. The second-order valence-electron chi connectivity index (χ2n) is 4.23. The van der Waals surface area contributed by atoms with E-state index >= 15 is 0 Å². The number of carbonyl (C=O) groups is 1. The highest BCUT2D eigenvalue weighted by atomic mass is 16.5. The number of methoxy groups -OCH3 is 1. The van der Waals surface area contributed by atoms with Gasteiger partial charge in [-0.25, -0.2) is 0 Å². The van der Waals surface area contributed by atoms with Gasteiger partial charge in [-0.05, 0) is 24.3 Å². The summed E-state index contributed by atoms with van der Waals surface area (Å²) in [5.41, 5.74) is 0.813. The van der Waals surface area contributed by atoms with Crippen molar-refractivity contribution < 1.29 is 14.8 Å². The van der Waals surface area contributed by atoms with Gasteiger partial charge in [0.25, 0.3) is 0 Å². The molecule has 3 heteroatoms. The summed E-state index contributed by atoms with van der Waals surface area (Å²) in [4.78, 5) is 12.1. The number of hydrogen-bond donors (Lipinski definition) is 1. The third kappa shape index (κ3) is 2.42. The van der Waals surface area contributed by atoms with Crippen molar-refractivity contribution in [3.8, 4) is 5.75 Å². The van der Waals surface area contributed by atoms with Gasteiger partial charge in [0.1, 0.15) is 5.75 Å². The molecule has 1 aromatic carbocycles. The molecule has 3 nitrogen and oxygen atoms in total. The van der Waals surface area contributed by atoms with Gasteiger partial charge in [0.2, 0.25) is 0 Å². The van der Waals surface area contributed by atoms with Crippen LogP contribution < -0.4 is 10.1 Å². The molecule has 0 spiro atoms. The van der Waals surface area contributed by atoms with Crippen molar-refractivity contribution in [1.82, 2.24) is 0 Å². The molecule has 1 aliphatic heterocycles. The van der Waals surface area contributed by atoms with Gasteiger partial charge in [-0.3, -0.25) is 4.79 Å². The molecular formula is C13H18NO2+. The first-order chi connectivity index (χ1) is 7.81. The number of quaternary nitrogens is 1. The standard InChI is InChI=1S/C13H17NO2/c1-16-12-4-2-10(3-5-12)13(15)11-6-8-14-9-7-11/h2-5,11,14H,6-9H2,1H3/p+1. The van der Waals surface area contributed by atoms with Crippen LogP contribution in [-0.4, -0.2) is 26.0 Å². The van der Waals surface area contributed by atoms with Crippen LogP contribution in [0.25, 0.3) is 0 Å². The SMILES string of the molecule is COc1ccc(C(=O)C2CC[NH2+]CC2)cc1. The van der Waals surface area contributed by atoms with Gasteiger partial charge < -0.3 is 10.1 Å². The summed E-state index contributed by atoms with van der Waals surface area (Å²) in [5, 5.41) is 2.28. The van der Waals surface area contributed by atoms with Crippen LogP contribution in [0.1, 0.15) is 23.2 Å². The molecule has 0 atom stereocenters. The lowest BCUT2D eigenvalue weighted by molar-refractivity contribution is -0.663. The van der Waals surface area contributed by atoms with Crippen LogP contribution in [0.4, 0.5) is 0 Å². The Kier molecular flexibility index (Phi) is 3.57. The molecule has 0 bridgehead atoms. The highest BCUT2D eigenvalue weighted by Gasteiger charge is 2.23. The van der Waals surface area contributed by atoms with Crippen LogP contribution in [0.3, 0.4) is 0 Å². The summed E-state index contributed by atoms with van der Waals surface area (Å²) in [5.74, 6) is 1.31. The minimum Gasteiger partial charge on any atom is -0.497 e. The van der Waals surface area contributed by atoms with Crippen LogP contribution in [0.5, 0.6) is 5.75 Å². The first-order valence-electron chi connectivity index (χ1n) is 5.81. The Bertz CT molecular complexity index is 353. The van der Waals surface area contributed by atoms with Gasteiger partial charge in [0.05, 0.1) is 20.2 Å². The van der Waals surface area contributed by atoms with E-state index in [0.717, 1.165) is 37.2 Å². The Morgan fingerprint density at radius 2 is 1.88 bits per heavy atom.